The highest BCUT2D eigenvalue weighted by Crippen LogP contribution is 2.26. The Morgan fingerprint density at radius 1 is 0.828 bits per heavy atom. The Bertz CT molecular complexity index is 1110. The molecule has 1 aliphatic rings. The fraction of sp³-hybridized carbons (Fsp3) is 0.0870. The first-order chi connectivity index (χ1) is 14.0. The van der Waals surface area contributed by atoms with Crippen molar-refractivity contribution >= 4 is 34.8 Å². The second-order valence-electron chi connectivity index (χ2n) is 6.83. The first-order valence-corrected chi connectivity index (χ1v) is 9.21. The van der Waals surface area contributed by atoms with Crippen molar-refractivity contribution in [1.29, 1.82) is 0 Å². The summed E-state index contributed by atoms with van der Waals surface area (Å²) in [6.45, 7) is 1.51. The van der Waals surface area contributed by atoms with Crippen LogP contribution in [0.3, 0.4) is 0 Å². The average molecular weight is 385 g/mol. The Labute approximate surface area is 168 Å². The number of hydrogen-bond donors (Lipinski definition) is 2. The average Bonchev–Trinajstić information content (AvgIpc) is 2.94. The van der Waals surface area contributed by atoms with E-state index in [1.165, 1.54) is 0 Å². The molecule has 1 heterocycles. The Morgan fingerprint density at radius 3 is 2.24 bits per heavy atom. The molecule has 3 aromatic rings. The van der Waals surface area contributed by atoms with E-state index in [-0.39, 0.29) is 6.54 Å². The number of aryl methyl sites for hydroxylation is 1. The highest BCUT2D eigenvalue weighted by atomic mass is 16.2. The topological polar surface area (TPSA) is 78.5 Å². The number of carbonyl (C=O) groups is 3. The van der Waals surface area contributed by atoms with Crippen molar-refractivity contribution in [3.63, 3.8) is 0 Å². The fourth-order valence-electron chi connectivity index (χ4n) is 3.26. The first kappa shape index (κ1) is 18.4. The first-order valence-electron chi connectivity index (χ1n) is 9.21. The number of anilines is 3. The van der Waals surface area contributed by atoms with Crippen LogP contribution in [0.2, 0.25) is 0 Å². The van der Waals surface area contributed by atoms with Crippen molar-refractivity contribution in [3.05, 3.63) is 89.5 Å². The largest absolute Gasteiger partial charge is 0.354 e. The third-order valence-electron chi connectivity index (χ3n) is 4.68. The van der Waals surface area contributed by atoms with Crippen molar-refractivity contribution < 1.29 is 14.4 Å². The molecular formula is C23H19N3O3. The molecular weight excluding hydrogens is 366 g/mol. The molecule has 4 rings (SSSR count). The number of amides is 3. The monoisotopic (exact) mass is 385 g/mol. The van der Waals surface area contributed by atoms with Crippen LogP contribution in [0, 0.1) is 6.92 Å². The van der Waals surface area contributed by atoms with Gasteiger partial charge in [-0.15, -0.1) is 0 Å². The van der Waals surface area contributed by atoms with Gasteiger partial charge in [-0.2, -0.15) is 0 Å². The van der Waals surface area contributed by atoms with E-state index in [1.54, 1.807) is 30.3 Å². The van der Waals surface area contributed by atoms with Crippen LogP contribution in [0.4, 0.5) is 17.1 Å². The summed E-state index contributed by atoms with van der Waals surface area (Å²) >= 11 is 0. The van der Waals surface area contributed by atoms with E-state index in [2.05, 4.69) is 10.6 Å². The maximum atomic E-state index is 12.6. The number of carbonyl (C=O) groups excluding carboxylic acids is 3. The maximum absolute atomic E-state index is 12.6. The summed E-state index contributed by atoms with van der Waals surface area (Å²) in [4.78, 5) is 38.7. The van der Waals surface area contributed by atoms with E-state index in [0.717, 1.165) is 16.2 Å². The molecule has 6 nitrogen and oxygen atoms in total. The molecule has 0 bridgehead atoms. The molecule has 0 saturated carbocycles. The van der Waals surface area contributed by atoms with Crippen molar-refractivity contribution in [2.45, 2.75) is 6.92 Å². The lowest BCUT2D eigenvalue weighted by Crippen LogP contribution is -2.37. The minimum atomic E-state index is -0.448. The summed E-state index contributed by atoms with van der Waals surface area (Å²) < 4.78 is 0. The summed E-state index contributed by atoms with van der Waals surface area (Å²) in [6.07, 6.45) is 0. The predicted octanol–water partition coefficient (Wildman–Crippen LogP) is 3.97. The molecule has 0 atom stereocenters. The zero-order valence-corrected chi connectivity index (χ0v) is 15.8. The number of benzene rings is 3. The summed E-state index contributed by atoms with van der Waals surface area (Å²) in [5.41, 5.74) is 3.72. The molecule has 3 amide bonds. The summed E-state index contributed by atoms with van der Waals surface area (Å²) in [5.74, 6) is -1.34. The molecule has 0 unspecified atom stereocenters. The van der Waals surface area contributed by atoms with Gasteiger partial charge in [-0.25, -0.2) is 0 Å². The number of hydrogen-bond acceptors (Lipinski definition) is 4. The molecule has 0 aliphatic carbocycles. The van der Waals surface area contributed by atoms with Crippen molar-refractivity contribution in [3.8, 4) is 0 Å². The number of nitrogens with one attached hydrogen (secondary N) is 2. The van der Waals surface area contributed by atoms with E-state index >= 15 is 0 Å². The van der Waals surface area contributed by atoms with Crippen LogP contribution in [0.5, 0.6) is 0 Å². The van der Waals surface area contributed by atoms with Gasteiger partial charge in [-0.05, 0) is 43.3 Å². The number of nitrogens with zero attached hydrogens (tertiary/aromatic N) is 1. The highest BCUT2D eigenvalue weighted by molar-refractivity contribution is 6.22. The molecule has 0 radical (unpaired) electrons. The molecule has 1 aliphatic heterocycles. The number of imide groups is 1. The van der Waals surface area contributed by atoms with E-state index in [9.17, 15) is 14.4 Å². The van der Waals surface area contributed by atoms with Gasteiger partial charge in [-0.3, -0.25) is 19.3 Å². The molecule has 0 fully saturated rings. The van der Waals surface area contributed by atoms with Gasteiger partial charge >= 0.3 is 0 Å². The second kappa shape index (κ2) is 7.59. The van der Waals surface area contributed by atoms with Gasteiger partial charge < -0.3 is 10.6 Å². The Kier molecular flexibility index (Phi) is 4.83. The minimum Gasteiger partial charge on any atom is -0.354 e. The number of rotatable bonds is 5. The molecule has 0 spiro atoms. The van der Waals surface area contributed by atoms with Gasteiger partial charge in [0.05, 0.1) is 22.5 Å². The minimum absolute atomic E-state index is 0.333. The Hall–Kier alpha value is -3.93. The molecule has 29 heavy (non-hydrogen) atoms. The van der Waals surface area contributed by atoms with Crippen LogP contribution in [0.1, 0.15) is 26.3 Å². The van der Waals surface area contributed by atoms with Gasteiger partial charge in [0.1, 0.15) is 6.54 Å². The Morgan fingerprint density at radius 2 is 1.48 bits per heavy atom. The lowest BCUT2D eigenvalue weighted by Gasteiger charge is -2.16. The van der Waals surface area contributed by atoms with E-state index < -0.39 is 17.7 Å². The molecule has 2 N–H and O–H groups in total. The van der Waals surface area contributed by atoms with Crippen molar-refractivity contribution in [2.24, 2.45) is 0 Å². The quantitative estimate of drug-likeness (QED) is 0.652. The third-order valence-corrected chi connectivity index (χ3v) is 4.68. The zero-order chi connectivity index (χ0) is 20.4. The smallest absolute Gasteiger partial charge is 0.262 e. The zero-order valence-electron chi connectivity index (χ0n) is 15.8. The molecule has 3 aromatic carbocycles. The van der Waals surface area contributed by atoms with Crippen molar-refractivity contribution in [1.82, 2.24) is 4.90 Å². The van der Waals surface area contributed by atoms with Crippen LogP contribution < -0.4 is 10.6 Å². The van der Waals surface area contributed by atoms with E-state index in [0.29, 0.717) is 22.5 Å². The predicted molar refractivity (Wildman–Crippen MR) is 111 cm³/mol. The normalized spacial score (nSPS) is 12.7. The van der Waals surface area contributed by atoms with Gasteiger partial charge in [0, 0.05) is 5.69 Å². The van der Waals surface area contributed by atoms with Gasteiger partial charge in [0.2, 0.25) is 5.91 Å². The van der Waals surface area contributed by atoms with Gasteiger partial charge in [0.25, 0.3) is 11.8 Å². The summed E-state index contributed by atoms with van der Waals surface area (Å²) in [6, 6.07) is 21.9. The van der Waals surface area contributed by atoms with Crippen LogP contribution >= 0.6 is 0 Å². The fourth-order valence-corrected chi connectivity index (χ4v) is 3.26. The van der Waals surface area contributed by atoms with Crippen molar-refractivity contribution in [2.75, 3.05) is 17.2 Å². The van der Waals surface area contributed by atoms with E-state index in [4.69, 9.17) is 0 Å². The van der Waals surface area contributed by atoms with Crippen LogP contribution in [-0.4, -0.2) is 29.2 Å². The number of fused-ring (bicyclic) bond motifs is 1. The highest BCUT2D eigenvalue weighted by Gasteiger charge is 2.36. The van der Waals surface area contributed by atoms with Gasteiger partial charge in [-0.1, -0.05) is 42.0 Å². The SMILES string of the molecule is Cc1ccc2c(c1)C(=O)N(CC(=O)Nc1ccccc1Nc1ccccc1)C2=O. The summed E-state index contributed by atoms with van der Waals surface area (Å²) in [5, 5.41) is 6.04. The van der Waals surface area contributed by atoms with Gasteiger partial charge in [0.15, 0.2) is 0 Å². The molecule has 0 saturated heterocycles. The Balaban J connectivity index is 1.49. The van der Waals surface area contributed by atoms with Crippen LogP contribution in [0.15, 0.2) is 72.8 Å². The molecule has 0 aromatic heterocycles. The second-order valence-corrected chi connectivity index (χ2v) is 6.83. The van der Waals surface area contributed by atoms with E-state index in [1.807, 2.05) is 49.4 Å². The lowest BCUT2D eigenvalue weighted by atomic mass is 10.1. The molecule has 144 valence electrons. The summed E-state index contributed by atoms with van der Waals surface area (Å²) in [7, 11) is 0. The lowest BCUT2D eigenvalue weighted by molar-refractivity contribution is -0.116. The van der Waals surface area contributed by atoms with Crippen LogP contribution in [0.25, 0.3) is 0 Å². The maximum Gasteiger partial charge on any atom is 0.262 e. The molecule has 6 heteroatoms. The van der Waals surface area contributed by atoms with Crippen LogP contribution in [-0.2, 0) is 4.79 Å². The third kappa shape index (κ3) is 3.73. The standard InChI is InChI=1S/C23H19N3O3/c1-15-11-12-17-18(13-15)23(29)26(22(17)28)14-21(27)25-20-10-6-5-9-19(20)24-16-7-3-2-4-8-16/h2-13,24H,14H2,1H3,(H,25,27). The number of para-hydroxylation sites is 3.